The second-order valence-corrected chi connectivity index (χ2v) is 4.30. The van der Waals surface area contributed by atoms with E-state index in [-0.39, 0.29) is 16.1 Å². The summed E-state index contributed by atoms with van der Waals surface area (Å²) in [5.41, 5.74) is 0.218. The van der Waals surface area contributed by atoms with Crippen LogP contribution in [0.2, 0.25) is 0 Å². The maximum Gasteiger partial charge on any atom is 0.219 e. The second-order valence-electron chi connectivity index (χ2n) is 3.45. The Kier molecular flexibility index (Phi) is 5.34. The topological polar surface area (TPSA) is 41.1 Å². The lowest BCUT2D eigenvalue weighted by atomic mass is 10.2. The molecule has 0 atom stereocenters. The maximum absolute atomic E-state index is 13.3. The molecular weight excluding hydrogens is 294 g/mol. The number of carbonyl (C=O) groups excluding carboxylic acids is 1. The normalized spacial score (nSPS) is 10.1. The molecule has 1 rings (SSSR count). The quantitative estimate of drug-likeness (QED) is 0.648. The van der Waals surface area contributed by atoms with Crippen LogP contribution in [0.5, 0.6) is 0 Å². The summed E-state index contributed by atoms with van der Waals surface area (Å²) in [6, 6.07) is 2.15. The van der Waals surface area contributed by atoms with Gasteiger partial charge in [-0.25, -0.2) is 8.78 Å². The first-order valence-corrected chi connectivity index (χ1v) is 5.93. The van der Waals surface area contributed by atoms with Crippen LogP contribution >= 0.6 is 15.9 Å². The van der Waals surface area contributed by atoms with Gasteiger partial charge >= 0.3 is 0 Å². The summed E-state index contributed by atoms with van der Waals surface area (Å²) in [4.78, 5) is 10.9. The number of halogens is 3. The van der Waals surface area contributed by atoms with E-state index < -0.39 is 11.6 Å². The summed E-state index contributed by atoms with van der Waals surface area (Å²) < 4.78 is 26.4. The molecule has 0 bridgehead atoms. The van der Waals surface area contributed by atoms with Gasteiger partial charge in [-0.2, -0.15) is 0 Å². The van der Waals surface area contributed by atoms with Crippen molar-refractivity contribution in [1.29, 1.82) is 0 Å². The highest BCUT2D eigenvalue weighted by atomic mass is 79.9. The Bertz CT molecular complexity index is 413. The number of rotatable bonds is 5. The van der Waals surface area contributed by atoms with Crippen LogP contribution in [0.4, 0.5) is 14.5 Å². The zero-order valence-electron chi connectivity index (χ0n) is 9.32. The first-order chi connectivity index (χ1) is 8.04. The molecule has 0 saturated carbocycles. The van der Waals surface area contributed by atoms with Crippen LogP contribution in [-0.2, 0) is 4.79 Å². The third-order valence-corrected chi connectivity index (χ3v) is 2.79. The first kappa shape index (κ1) is 13.9. The zero-order valence-corrected chi connectivity index (χ0v) is 10.9. The predicted molar refractivity (Wildman–Crippen MR) is 65.8 cm³/mol. The number of nitrogens with one attached hydrogen (secondary N) is 2. The number of anilines is 1. The van der Waals surface area contributed by atoms with E-state index in [2.05, 4.69) is 26.6 Å². The third kappa shape index (κ3) is 4.30. The lowest BCUT2D eigenvalue weighted by Gasteiger charge is -2.08. The van der Waals surface area contributed by atoms with Gasteiger partial charge in [0.25, 0.3) is 0 Å². The van der Waals surface area contributed by atoms with Crippen LogP contribution in [0.15, 0.2) is 16.6 Å². The molecule has 0 aromatic heterocycles. The number of benzene rings is 1. The van der Waals surface area contributed by atoms with Gasteiger partial charge in [-0.15, -0.1) is 0 Å². The third-order valence-electron chi connectivity index (χ3n) is 2.18. The van der Waals surface area contributed by atoms with Crippen LogP contribution in [0.1, 0.15) is 12.8 Å². The molecular formula is C11H13BrF2N2O. The second kappa shape index (κ2) is 6.54. The van der Waals surface area contributed by atoms with Crippen LogP contribution in [0, 0.1) is 11.6 Å². The van der Waals surface area contributed by atoms with Crippen LogP contribution in [0.25, 0.3) is 0 Å². The summed E-state index contributed by atoms with van der Waals surface area (Å²) in [6.07, 6.45) is 0.946. The smallest absolute Gasteiger partial charge is 0.219 e. The molecule has 2 N–H and O–H groups in total. The average molecular weight is 307 g/mol. The Morgan fingerprint density at radius 3 is 2.71 bits per heavy atom. The highest BCUT2D eigenvalue weighted by molar-refractivity contribution is 9.10. The predicted octanol–water partition coefficient (Wildman–Crippen LogP) is 2.67. The lowest BCUT2D eigenvalue weighted by Crippen LogP contribution is -2.18. The Labute approximate surface area is 107 Å². The van der Waals surface area contributed by atoms with E-state index in [1.807, 2.05) is 0 Å². The summed E-state index contributed by atoms with van der Waals surface area (Å²) in [6.45, 7) is 0.447. The van der Waals surface area contributed by atoms with Gasteiger partial charge in [0, 0.05) is 26.1 Å². The molecule has 0 spiro atoms. The fraction of sp³-hybridized carbons (Fsp3) is 0.364. The monoisotopic (exact) mass is 306 g/mol. The van der Waals surface area contributed by atoms with Crippen molar-refractivity contribution in [1.82, 2.24) is 5.32 Å². The van der Waals surface area contributed by atoms with Gasteiger partial charge < -0.3 is 10.6 Å². The molecule has 0 aliphatic rings. The molecule has 1 amide bonds. The van der Waals surface area contributed by atoms with Gasteiger partial charge in [0.15, 0.2) is 0 Å². The standard InChI is InChI=1S/C11H13BrF2N2O/c1-15-11(17)3-2-4-16-10-5-7(12)8(13)6-9(10)14/h5-6,16H,2-4H2,1H3,(H,15,17). The van der Waals surface area contributed by atoms with Crippen molar-refractivity contribution in [2.75, 3.05) is 18.9 Å². The fourth-order valence-corrected chi connectivity index (χ4v) is 1.60. The number of carbonyl (C=O) groups is 1. The van der Waals surface area contributed by atoms with Crippen molar-refractivity contribution < 1.29 is 13.6 Å². The van der Waals surface area contributed by atoms with Crippen LogP contribution < -0.4 is 10.6 Å². The highest BCUT2D eigenvalue weighted by Gasteiger charge is 2.07. The first-order valence-electron chi connectivity index (χ1n) is 5.13. The largest absolute Gasteiger partial charge is 0.383 e. The van der Waals surface area contributed by atoms with E-state index in [0.29, 0.717) is 19.4 Å². The van der Waals surface area contributed by atoms with Gasteiger partial charge in [-0.05, 0) is 28.4 Å². The van der Waals surface area contributed by atoms with Crippen LogP contribution in [-0.4, -0.2) is 19.5 Å². The molecule has 6 heteroatoms. The molecule has 1 aromatic rings. The van der Waals surface area contributed by atoms with Crippen molar-refractivity contribution in [2.24, 2.45) is 0 Å². The lowest BCUT2D eigenvalue weighted by molar-refractivity contribution is -0.120. The maximum atomic E-state index is 13.3. The molecule has 3 nitrogen and oxygen atoms in total. The molecule has 94 valence electrons. The van der Waals surface area contributed by atoms with Gasteiger partial charge in [-0.1, -0.05) is 0 Å². The van der Waals surface area contributed by atoms with E-state index in [9.17, 15) is 13.6 Å². The fourth-order valence-electron chi connectivity index (χ4n) is 1.26. The van der Waals surface area contributed by atoms with Gasteiger partial charge in [0.05, 0.1) is 10.2 Å². The molecule has 0 aliphatic carbocycles. The summed E-state index contributed by atoms with van der Waals surface area (Å²) in [5, 5.41) is 5.30. The van der Waals surface area contributed by atoms with Gasteiger partial charge in [0.2, 0.25) is 5.91 Å². The molecule has 0 radical (unpaired) electrons. The van der Waals surface area contributed by atoms with Crippen molar-refractivity contribution >= 4 is 27.5 Å². The van der Waals surface area contributed by atoms with E-state index in [4.69, 9.17) is 0 Å². The van der Waals surface area contributed by atoms with E-state index in [1.165, 1.54) is 6.07 Å². The number of amides is 1. The highest BCUT2D eigenvalue weighted by Crippen LogP contribution is 2.23. The molecule has 0 saturated heterocycles. The van der Waals surface area contributed by atoms with E-state index >= 15 is 0 Å². The van der Waals surface area contributed by atoms with Crippen molar-refractivity contribution in [3.63, 3.8) is 0 Å². The minimum Gasteiger partial charge on any atom is -0.383 e. The Morgan fingerprint density at radius 1 is 1.35 bits per heavy atom. The number of hydrogen-bond donors (Lipinski definition) is 2. The molecule has 0 heterocycles. The van der Waals surface area contributed by atoms with Gasteiger partial charge in [-0.3, -0.25) is 4.79 Å². The SMILES string of the molecule is CNC(=O)CCCNc1cc(Br)c(F)cc1F. The zero-order chi connectivity index (χ0) is 12.8. The summed E-state index contributed by atoms with van der Waals surface area (Å²) in [7, 11) is 1.56. The molecule has 1 aromatic carbocycles. The Balaban J connectivity index is 2.47. The summed E-state index contributed by atoms with van der Waals surface area (Å²) in [5.74, 6) is -1.35. The molecule has 0 unspecified atom stereocenters. The summed E-state index contributed by atoms with van der Waals surface area (Å²) >= 11 is 2.98. The number of hydrogen-bond acceptors (Lipinski definition) is 2. The molecule has 0 aliphatic heterocycles. The van der Waals surface area contributed by atoms with Crippen molar-refractivity contribution in [3.8, 4) is 0 Å². The molecule has 17 heavy (non-hydrogen) atoms. The van der Waals surface area contributed by atoms with Gasteiger partial charge in [0.1, 0.15) is 11.6 Å². The van der Waals surface area contributed by atoms with Crippen LogP contribution in [0.3, 0.4) is 0 Å². The minimum atomic E-state index is -0.648. The Morgan fingerprint density at radius 2 is 2.06 bits per heavy atom. The van der Waals surface area contributed by atoms with E-state index in [1.54, 1.807) is 7.05 Å². The van der Waals surface area contributed by atoms with Crippen molar-refractivity contribution in [3.05, 3.63) is 28.2 Å². The molecule has 0 fully saturated rings. The minimum absolute atomic E-state index is 0.0624. The van der Waals surface area contributed by atoms with Crippen molar-refractivity contribution in [2.45, 2.75) is 12.8 Å². The van der Waals surface area contributed by atoms with E-state index in [0.717, 1.165) is 6.07 Å². The Hall–Kier alpha value is -1.17. The average Bonchev–Trinajstić information content (AvgIpc) is 2.30.